The fourth-order valence-corrected chi connectivity index (χ4v) is 2.06. The van der Waals surface area contributed by atoms with Gasteiger partial charge in [0.25, 0.3) is 0 Å². The topological polar surface area (TPSA) is 26.3 Å². The van der Waals surface area contributed by atoms with Crippen LogP contribution in [0.15, 0.2) is 24.3 Å². The highest BCUT2D eigenvalue weighted by molar-refractivity contribution is 6.00. The third-order valence-corrected chi connectivity index (χ3v) is 3.36. The standard InChI is InChI=1S/C15H20O2/c1-3-10-17-14-7-5-4-6-13(14)15(16)11(2)12-8-9-12/h4-7,11-12H,3,8-10H2,1-2H3. The smallest absolute Gasteiger partial charge is 0.169 e. The number of carbonyl (C=O) groups is 1. The summed E-state index contributed by atoms with van der Waals surface area (Å²) in [6, 6.07) is 7.60. The van der Waals surface area contributed by atoms with Crippen LogP contribution in [0.25, 0.3) is 0 Å². The third-order valence-electron chi connectivity index (χ3n) is 3.36. The van der Waals surface area contributed by atoms with Crippen molar-refractivity contribution >= 4 is 5.78 Å². The van der Waals surface area contributed by atoms with E-state index in [-0.39, 0.29) is 11.7 Å². The van der Waals surface area contributed by atoms with E-state index >= 15 is 0 Å². The Kier molecular flexibility index (Phi) is 3.82. The molecule has 2 rings (SSSR count). The Balaban J connectivity index is 2.15. The van der Waals surface area contributed by atoms with Crippen LogP contribution in [0.1, 0.15) is 43.5 Å². The maximum Gasteiger partial charge on any atom is 0.169 e. The first kappa shape index (κ1) is 12.2. The van der Waals surface area contributed by atoms with Gasteiger partial charge in [0.1, 0.15) is 5.75 Å². The summed E-state index contributed by atoms with van der Waals surface area (Å²) in [5.74, 6) is 1.72. The molecule has 1 aromatic rings. The van der Waals surface area contributed by atoms with E-state index in [9.17, 15) is 4.79 Å². The Morgan fingerprint density at radius 2 is 2.12 bits per heavy atom. The molecule has 0 aliphatic heterocycles. The van der Waals surface area contributed by atoms with Crippen molar-refractivity contribution in [1.82, 2.24) is 0 Å². The fraction of sp³-hybridized carbons (Fsp3) is 0.533. The van der Waals surface area contributed by atoms with Crippen LogP contribution in [-0.4, -0.2) is 12.4 Å². The third kappa shape index (κ3) is 2.87. The molecule has 1 atom stereocenters. The lowest BCUT2D eigenvalue weighted by Gasteiger charge is -2.13. The van der Waals surface area contributed by atoms with Crippen molar-refractivity contribution in [3.8, 4) is 5.75 Å². The molecule has 0 heterocycles. The van der Waals surface area contributed by atoms with E-state index in [0.717, 1.165) is 17.7 Å². The van der Waals surface area contributed by atoms with Gasteiger partial charge in [-0.25, -0.2) is 0 Å². The molecule has 0 N–H and O–H groups in total. The van der Waals surface area contributed by atoms with Crippen molar-refractivity contribution in [3.05, 3.63) is 29.8 Å². The summed E-state index contributed by atoms with van der Waals surface area (Å²) in [5, 5.41) is 0. The molecule has 1 aliphatic rings. The second-order valence-electron chi connectivity index (χ2n) is 4.83. The molecule has 0 amide bonds. The molecule has 2 nitrogen and oxygen atoms in total. The Labute approximate surface area is 103 Å². The molecule has 1 saturated carbocycles. The van der Waals surface area contributed by atoms with Crippen LogP contribution in [-0.2, 0) is 0 Å². The summed E-state index contributed by atoms with van der Waals surface area (Å²) in [5.41, 5.74) is 0.750. The average molecular weight is 232 g/mol. The van der Waals surface area contributed by atoms with Crippen molar-refractivity contribution in [2.75, 3.05) is 6.61 Å². The van der Waals surface area contributed by atoms with Gasteiger partial charge in [-0.2, -0.15) is 0 Å². The zero-order valence-electron chi connectivity index (χ0n) is 10.6. The Bertz CT molecular complexity index is 394. The molecule has 1 fully saturated rings. The SMILES string of the molecule is CCCOc1ccccc1C(=O)C(C)C1CC1. The Morgan fingerprint density at radius 1 is 1.41 bits per heavy atom. The van der Waals surface area contributed by atoms with Crippen molar-refractivity contribution in [1.29, 1.82) is 0 Å². The number of Topliss-reactive ketones (excluding diaryl/α,β-unsaturated/α-hetero) is 1. The number of ketones is 1. The maximum atomic E-state index is 12.3. The van der Waals surface area contributed by atoms with Gasteiger partial charge in [-0.05, 0) is 37.3 Å². The second kappa shape index (κ2) is 5.35. The molecular formula is C15H20O2. The van der Waals surface area contributed by atoms with Crippen molar-refractivity contribution in [3.63, 3.8) is 0 Å². The molecule has 0 spiro atoms. The molecule has 92 valence electrons. The van der Waals surface area contributed by atoms with Gasteiger partial charge >= 0.3 is 0 Å². The molecule has 1 unspecified atom stereocenters. The maximum absolute atomic E-state index is 12.3. The van der Waals surface area contributed by atoms with Crippen molar-refractivity contribution in [2.45, 2.75) is 33.1 Å². The number of rotatable bonds is 6. The summed E-state index contributed by atoms with van der Waals surface area (Å²) in [6.07, 6.45) is 3.36. The number of para-hydroxylation sites is 1. The lowest BCUT2D eigenvalue weighted by molar-refractivity contribution is 0.0912. The van der Waals surface area contributed by atoms with E-state index in [4.69, 9.17) is 4.74 Å². The number of ether oxygens (including phenoxy) is 1. The van der Waals surface area contributed by atoms with Gasteiger partial charge in [0.05, 0.1) is 12.2 Å². The molecule has 17 heavy (non-hydrogen) atoms. The molecule has 0 radical (unpaired) electrons. The summed E-state index contributed by atoms with van der Waals surface area (Å²) < 4.78 is 5.64. The van der Waals surface area contributed by atoms with Crippen LogP contribution < -0.4 is 4.74 Å². The largest absolute Gasteiger partial charge is 0.493 e. The molecule has 2 heteroatoms. The monoisotopic (exact) mass is 232 g/mol. The molecular weight excluding hydrogens is 212 g/mol. The van der Waals surface area contributed by atoms with Gasteiger partial charge in [-0.3, -0.25) is 4.79 Å². The van der Waals surface area contributed by atoms with Gasteiger partial charge in [0.2, 0.25) is 0 Å². The van der Waals surface area contributed by atoms with E-state index in [2.05, 4.69) is 6.92 Å². The molecule has 0 aromatic heterocycles. The minimum Gasteiger partial charge on any atom is -0.493 e. The van der Waals surface area contributed by atoms with Gasteiger partial charge in [0.15, 0.2) is 5.78 Å². The van der Waals surface area contributed by atoms with Crippen molar-refractivity contribution < 1.29 is 9.53 Å². The van der Waals surface area contributed by atoms with E-state index in [1.54, 1.807) is 0 Å². The highest BCUT2D eigenvalue weighted by Gasteiger charge is 2.33. The molecule has 0 bridgehead atoms. The first-order chi connectivity index (χ1) is 8.24. The van der Waals surface area contributed by atoms with Crippen LogP contribution in [0.3, 0.4) is 0 Å². The van der Waals surface area contributed by atoms with Gasteiger partial charge < -0.3 is 4.74 Å². The summed E-state index contributed by atoms with van der Waals surface area (Å²) >= 11 is 0. The average Bonchev–Trinajstić information content (AvgIpc) is 3.19. The first-order valence-corrected chi connectivity index (χ1v) is 6.50. The number of hydrogen-bond donors (Lipinski definition) is 0. The zero-order valence-corrected chi connectivity index (χ0v) is 10.6. The summed E-state index contributed by atoms with van der Waals surface area (Å²) in [4.78, 5) is 12.3. The highest BCUT2D eigenvalue weighted by Crippen LogP contribution is 2.39. The van der Waals surface area contributed by atoms with Gasteiger partial charge in [-0.15, -0.1) is 0 Å². The normalized spacial score (nSPS) is 16.6. The number of carbonyl (C=O) groups excluding carboxylic acids is 1. The predicted molar refractivity (Wildman–Crippen MR) is 68.4 cm³/mol. The second-order valence-corrected chi connectivity index (χ2v) is 4.83. The molecule has 1 aromatic carbocycles. The van der Waals surface area contributed by atoms with Crippen LogP contribution in [0.2, 0.25) is 0 Å². The van der Waals surface area contributed by atoms with Crippen molar-refractivity contribution in [2.24, 2.45) is 11.8 Å². The fourth-order valence-electron chi connectivity index (χ4n) is 2.06. The predicted octanol–water partition coefficient (Wildman–Crippen LogP) is 3.70. The first-order valence-electron chi connectivity index (χ1n) is 6.50. The van der Waals surface area contributed by atoms with Gasteiger partial charge in [0, 0.05) is 5.92 Å². The Morgan fingerprint density at radius 3 is 2.76 bits per heavy atom. The zero-order chi connectivity index (χ0) is 12.3. The number of benzene rings is 1. The quantitative estimate of drug-likeness (QED) is 0.699. The Hall–Kier alpha value is -1.31. The van der Waals surface area contributed by atoms with E-state index in [0.29, 0.717) is 12.5 Å². The van der Waals surface area contributed by atoms with Crippen LogP contribution in [0.5, 0.6) is 5.75 Å². The minimum atomic E-state index is 0.140. The van der Waals surface area contributed by atoms with E-state index in [1.807, 2.05) is 31.2 Å². The molecule has 0 saturated heterocycles. The van der Waals surface area contributed by atoms with Crippen LogP contribution in [0, 0.1) is 11.8 Å². The minimum absolute atomic E-state index is 0.140. The van der Waals surface area contributed by atoms with Crippen LogP contribution in [0.4, 0.5) is 0 Å². The van der Waals surface area contributed by atoms with Crippen LogP contribution >= 0.6 is 0 Å². The highest BCUT2D eigenvalue weighted by atomic mass is 16.5. The number of hydrogen-bond acceptors (Lipinski definition) is 2. The summed E-state index contributed by atoms with van der Waals surface area (Å²) in [6.45, 7) is 4.77. The van der Waals surface area contributed by atoms with E-state index in [1.165, 1.54) is 12.8 Å². The van der Waals surface area contributed by atoms with E-state index < -0.39 is 0 Å². The van der Waals surface area contributed by atoms with Gasteiger partial charge in [-0.1, -0.05) is 26.0 Å². The lowest BCUT2D eigenvalue weighted by atomic mass is 9.94. The molecule has 1 aliphatic carbocycles. The lowest BCUT2D eigenvalue weighted by Crippen LogP contribution is -2.14. The summed E-state index contributed by atoms with van der Waals surface area (Å²) in [7, 11) is 0.